The molecule has 1 rings (SSSR count). The van der Waals surface area contributed by atoms with E-state index >= 15 is 0 Å². The maximum Gasteiger partial charge on any atom is 0.305 e. The van der Waals surface area contributed by atoms with Crippen LogP contribution in [0.3, 0.4) is 0 Å². The summed E-state index contributed by atoms with van der Waals surface area (Å²) in [4.78, 5) is 11.2. The first-order valence-electron chi connectivity index (χ1n) is 7.62. The van der Waals surface area contributed by atoms with Crippen LogP contribution in [0.5, 0.6) is 0 Å². The number of carbonyl (C=O) groups is 1. The van der Waals surface area contributed by atoms with Crippen LogP contribution in [-0.2, 0) is 28.5 Å². The molecule has 6 nitrogen and oxygen atoms in total. The van der Waals surface area contributed by atoms with E-state index in [9.17, 15) is 4.79 Å². The molecule has 0 radical (unpaired) electrons. The zero-order valence-electron chi connectivity index (χ0n) is 13.5. The quantitative estimate of drug-likeness (QED) is 0.368. The molecule has 0 N–H and O–H groups in total. The molecule has 22 heavy (non-hydrogen) atoms. The predicted molar refractivity (Wildman–Crippen MR) is 79.9 cm³/mol. The summed E-state index contributed by atoms with van der Waals surface area (Å²) in [5.41, 5.74) is 0. The molecule has 0 spiro atoms. The Hall–Kier alpha value is -1.13. The average molecular weight is 314 g/mol. The Morgan fingerprint density at radius 3 is 2.86 bits per heavy atom. The van der Waals surface area contributed by atoms with Crippen LogP contribution in [0.15, 0.2) is 0 Å². The summed E-state index contributed by atoms with van der Waals surface area (Å²) in [6.45, 7) is 1.29. The molecule has 1 aliphatic heterocycles. The second-order valence-corrected chi connectivity index (χ2v) is 4.97. The molecule has 1 saturated heterocycles. The fraction of sp³-hybridized carbons (Fsp3) is 0.812. The van der Waals surface area contributed by atoms with Gasteiger partial charge >= 0.3 is 5.97 Å². The van der Waals surface area contributed by atoms with Crippen LogP contribution in [-0.4, -0.2) is 52.6 Å². The van der Waals surface area contributed by atoms with Gasteiger partial charge in [-0.15, -0.1) is 0 Å². The van der Waals surface area contributed by atoms with Gasteiger partial charge in [-0.25, -0.2) is 0 Å². The van der Waals surface area contributed by atoms with Crippen LogP contribution in [0.2, 0.25) is 0 Å². The summed E-state index contributed by atoms with van der Waals surface area (Å²) < 4.78 is 26.0. The van der Waals surface area contributed by atoms with Gasteiger partial charge in [0.1, 0.15) is 13.4 Å². The van der Waals surface area contributed by atoms with E-state index in [0.717, 1.165) is 25.9 Å². The molecule has 0 saturated carbocycles. The first kappa shape index (κ1) is 18.9. The molecule has 2 atom stereocenters. The highest BCUT2D eigenvalue weighted by Gasteiger charge is 2.13. The SMILES string of the molecule is COCO[C@H](CC#CCOC1CCCCO1)CCC(=O)OC. The number of hydrogen-bond acceptors (Lipinski definition) is 6. The first-order valence-corrected chi connectivity index (χ1v) is 7.62. The molecule has 1 unspecified atom stereocenters. The van der Waals surface area contributed by atoms with Crippen molar-refractivity contribution in [2.45, 2.75) is 50.9 Å². The van der Waals surface area contributed by atoms with Crippen LogP contribution < -0.4 is 0 Å². The summed E-state index contributed by atoms with van der Waals surface area (Å²) in [7, 11) is 2.93. The van der Waals surface area contributed by atoms with Crippen LogP contribution in [0.25, 0.3) is 0 Å². The lowest BCUT2D eigenvalue weighted by atomic mass is 10.1. The van der Waals surface area contributed by atoms with Gasteiger partial charge in [-0.05, 0) is 25.7 Å². The summed E-state index contributed by atoms with van der Waals surface area (Å²) in [5, 5.41) is 0. The van der Waals surface area contributed by atoms with Gasteiger partial charge in [-0.2, -0.15) is 0 Å². The van der Waals surface area contributed by atoms with Crippen molar-refractivity contribution in [2.75, 3.05) is 34.2 Å². The Labute approximate surface area is 132 Å². The highest BCUT2D eigenvalue weighted by atomic mass is 16.7. The van der Waals surface area contributed by atoms with E-state index in [-0.39, 0.29) is 25.2 Å². The van der Waals surface area contributed by atoms with Gasteiger partial charge in [-0.3, -0.25) is 4.79 Å². The lowest BCUT2D eigenvalue weighted by molar-refractivity contribution is -0.154. The molecule has 1 fully saturated rings. The standard InChI is InChI=1S/C16H26O6/c1-18-13-22-14(9-10-15(17)19-2)7-3-5-11-20-16-8-4-6-12-21-16/h14,16H,4,6-13H2,1-2H3/t14-,16?/m1/s1. The number of carbonyl (C=O) groups excluding carboxylic acids is 1. The van der Waals surface area contributed by atoms with Crippen molar-refractivity contribution in [1.29, 1.82) is 0 Å². The third kappa shape index (κ3) is 9.00. The first-order chi connectivity index (χ1) is 10.8. The fourth-order valence-electron chi connectivity index (χ4n) is 2.00. The molecule has 1 heterocycles. The number of ether oxygens (including phenoxy) is 5. The van der Waals surface area contributed by atoms with E-state index in [4.69, 9.17) is 18.9 Å². The van der Waals surface area contributed by atoms with E-state index in [1.165, 1.54) is 7.11 Å². The van der Waals surface area contributed by atoms with Gasteiger partial charge in [0.15, 0.2) is 6.29 Å². The second kappa shape index (κ2) is 12.4. The van der Waals surface area contributed by atoms with Crippen molar-refractivity contribution in [3.05, 3.63) is 0 Å². The van der Waals surface area contributed by atoms with Crippen molar-refractivity contribution in [3.63, 3.8) is 0 Å². The number of rotatable bonds is 9. The van der Waals surface area contributed by atoms with Crippen molar-refractivity contribution < 1.29 is 28.5 Å². The van der Waals surface area contributed by atoms with E-state index in [1.54, 1.807) is 7.11 Å². The van der Waals surface area contributed by atoms with E-state index in [2.05, 4.69) is 16.6 Å². The zero-order valence-corrected chi connectivity index (χ0v) is 13.5. The molecule has 0 bridgehead atoms. The smallest absolute Gasteiger partial charge is 0.305 e. The van der Waals surface area contributed by atoms with E-state index < -0.39 is 0 Å². The van der Waals surface area contributed by atoms with Crippen molar-refractivity contribution in [3.8, 4) is 11.8 Å². The predicted octanol–water partition coefficient (Wildman–Crippen LogP) is 1.87. The van der Waals surface area contributed by atoms with Crippen LogP contribution in [0, 0.1) is 11.8 Å². The molecule has 0 aromatic carbocycles. The van der Waals surface area contributed by atoms with E-state index in [0.29, 0.717) is 25.9 Å². The Bertz CT molecular complexity index is 353. The molecule has 0 aromatic heterocycles. The maximum atomic E-state index is 11.2. The van der Waals surface area contributed by atoms with Crippen LogP contribution in [0.1, 0.15) is 38.5 Å². The van der Waals surface area contributed by atoms with Gasteiger partial charge in [0.2, 0.25) is 0 Å². The minimum Gasteiger partial charge on any atom is -0.469 e. The van der Waals surface area contributed by atoms with Crippen molar-refractivity contribution in [1.82, 2.24) is 0 Å². The number of methoxy groups -OCH3 is 2. The maximum absolute atomic E-state index is 11.2. The summed E-state index contributed by atoms with van der Waals surface area (Å²) in [5.74, 6) is 5.71. The highest BCUT2D eigenvalue weighted by Crippen LogP contribution is 2.13. The Morgan fingerprint density at radius 1 is 1.32 bits per heavy atom. The van der Waals surface area contributed by atoms with Crippen LogP contribution >= 0.6 is 0 Å². The summed E-state index contributed by atoms with van der Waals surface area (Å²) >= 11 is 0. The highest BCUT2D eigenvalue weighted by molar-refractivity contribution is 5.69. The molecule has 0 amide bonds. The second-order valence-electron chi connectivity index (χ2n) is 4.97. The molecule has 0 aromatic rings. The fourth-order valence-corrected chi connectivity index (χ4v) is 2.00. The normalized spacial score (nSPS) is 19.1. The molecule has 126 valence electrons. The lowest BCUT2D eigenvalue weighted by Gasteiger charge is -2.21. The molecule has 0 aliphatic carbocycles. The summed E-state index contributed by atoms with van der Waals surface area (Å²) in [6.07, 6.45) is 4.27. The van der Waals surface area contributed by atoms with Crippen molar-refractivity contribution in [2.24, 2.45) is 0 Å². The van der Waals surface area contributed by atoms with Gasteiger partial charge in [-0.1, -0.05) is 11.8 Å². The van der Waals surface area contributed by atoms with Gasteiger partial charge < -0.3 is 23.7 Å². The lowest BCUT2D eigenvalue weighted by Crippen LogP contribution is -2.22. The Morgan fingerprint density at radius 2 is 2.18 bits per heavy atom. The molecular weight excluding hydrogens is 288 g/mol. The minimum atomic E-state index is -0.253. The molecule has 6 heteroatoms. The van der Waals surface area contributed by atoms with Crippen LogP contribution in [0.4, 0.5) is 0 Å². The minimum absolute atomic E-state index is 0.122. The third-order valence-corrected chi connectivity index (χ3v) is 3.25. The number of esters is 1. The topological polar surface area (TPSA) is 63.2 Å². The third-order valence-electron chi connectivity index (χ3n) is 3.25. The van der Waals surface area contributed by atoms with E-state index in [1.807, 2.05) is 0 Å². The number of hydrogen-bond donors (Lipinski definition) is 0. The zero-order chi connectivity index (χ0) is 16.0. The molecule has 1 aliphatic rings. The summed E-state index contributed by atoms with van der Waals surface area (Å²) in [6, 6.07) is 0. The Kier molecular flexibility index (Phi) is 10.7. The van der Waals surface area contributed by atoms with Crippen molar-refractivity contribution >= 4 is 5.97 Å². The molecular formula is C16H26O6. The Balaban J connectivity index is 2.22. The monoisotopic (exact) mass is 314 g/mol. The largest absolute Gasteiger partial charge is 0.469 e. The van der Waals surface area contributed by atoms with Gasteiger partial charge in [0.25, 0.3) is 0 Å². The van der Waals surface area contributed by atoms with Gasteiger partial charge in [0.05, 0.1) is 13.2 Å². The van der Waals surface area contributed by atoms with Gasteiger partial charge in [0, 0.05) is 26.6 Å². The average Bonchev–Trinajstić information content (AvgIpc) is 2.56.